The molecular formula is C16H18Cl2N2. The van der Waals surface area contributed by atoms with Crippen LogP contribution in [0.5, 0.6) is 0 Å². The second-order valence-electron chi connectivity index (χ2n) is 4.97. The van der Waals surface area contributed by atoms with Crippen molar-refractivity contribution >= 4 is 23.2 Å². The molecule has 0 heterocycles. The fourth-order valence-corrected chi connectivity index (χ4v) is 2.74. The minimum Gasteiger partial charge on any atom is -0.271 e. The van der Waals surface area contributed by atoms with Gasteiger partial charge in [-0.2, -0.15) is 0 Å². The molecule has 0 aliphatic carbocycles. The summed E-state index contributed by atoms with van der Waals surface area (Å²) in [6.45, 7) is 4.18. The van der Waals surface area contributed by atoms with Crippen LogP contribution in [0.1, 0.15) is 28.3 Å². The zero-order valence-corrected chi connectivity index (χ0v) is 13.1. The summed E-state index contributed by atoms with van der Waals surface area (Å²) in [7, 11) is 0. The molecule has 0 spiro atoms. The lowest BCUT2D eigenvalue weighted by Crippen LogP contribution is -2.29. The van der Waals surface area contributed by atoms with Crippen molar-refractivity contribution in [2.45, 2.75) is 26.3 Å². The third-order valence-electron chi connectivity index (χ3n) is 3.60. The highest BCUT2D eigenvalue weighted by Crippen LogP contribution is 2.29. The van der Waals surface area contributed by atoms with Crippen molar-refractivity contribution in [2.24, 2.45) is 5.84 Å². The lowest BCUT2D eigenvalue weighted by Gasteiger charge is -2.19. The standard InChI is InChI=1S/C16H18Cl2N2/c1-10-6-7-12(8-11(10)2)16(20-19)9-13-14(17)4-3-5-15(13)18/h3-8,16,20H,9,19H2,1-2H3. The Morgan fingerprint density at radius 3 is 2.25 bits per heavy atom. The number of hydrogen-bond acceptors (Lipinski definition) is 2. The Kier molecular flexibility index (Phi) is 5.06. The molecule has 2 rings (SSSR count). The summed E-state index contributed by atoms with van der Waals surface area (Å²) in [6.07, 6.45) is 0.650. The predicted molar refractivity (Wildman–Crippen MR) is 86.1 cm³/mol. The minimum atomic E-state index is -0.0216. The quantitative estimate of drug-likeness (QED) is 0.650. The van der Waals surface area contributed by atoms with Gasteiger partial charge in [-0.15, -0.1) is 0 Å². The Hall–Kier alpha value is -1.06. The van der Waals surface area contributed by atoms with Crippen LogP contribution >= 0.6 is 23.2 Å². The van der Waals surface area contributed by atoms with E-state index in [1.165, 1.54) is 11.1 Å². The monoisotopic (exact) mass is 308 g/mol. The Bertz CT molecular complexity index is 591. The van der Waals surface area contributed by atoms with Crippen LogP contribution in [0.2, 0.25) is 10.0 Å². The van der Waals surface area contributed by atoms with Gasteiger partial charge in [0.15, 0.2) is 0 Å². The van der Waals surface area contributed by atoms with Crippen LogP contribution in [0, 0.1) is 13.8 Å². The predicted octanol–water partition coefficient (Wildman–Crippen LogP) is 4.36. The molecule has 4 heteroatoms. The maximum atomic E-state index is 6.22. The van der Waals surface area contributed by atoms with E-state index < -0.39 is 0 Å². The molecule has 0 saturated carbocycles. The molecule has 1 atom stereocenters. The first-order valence-corrected chi connectivity index (χ1v) is 7.24. The lowest BCUT2D eigenvalue weighted by molar-refractivity contribution is 0.551. The van der Waals surface area contributed by atoms with Gasteiger partial charge in [0.05, 0.1) is 6.04 Å². The van der Waals surface area contributed by atoms with Crippen LogP contribution in [0.4, 0.5) is 0 Å². The highest BCUT2D eigenvalue weighted by atomic mass is 35.5. The number of aryl methyl sites for hydroxylation is 2. The summed E-state index contributed by atoms with van der Waals surface area (Å²) in [5.74, 6) is 5.70. The third-order valence-corrected chi connectivity index (χ3v) is 4.31. The summed E-state index contributed by atoms with van der Waals surface area (Å²) in [6, 6.07) is 11.8. The fourth-order valence-electron chi connectivity index (χ4n) is 2.19. The van der Waals surface area contributed by atoms with Crippen LogP contribution in [-0.2, 0) is 6.42 Å². The van der Waals surface area contributed by atoms with Crippen LogP contribution < -0.4 is 11.3 Å². The Balaban J connectivity index is 2.31. The van der Waals surface area contributed by atoms with E-state index in [9.17, 15) is 0 Å². The third kappa shape index (κ3) is 3.33. The van der Waals surface area contributed by atoms with Gasteiger partial charge in [-0.25, -0.2) is 0 Å². The van der Waals surface area contributed by atoms with Gasteiger partial charge in [-0.05, 0) is 54.7 Å². The zero-order chi connectivity index (χ0) is 14.7. The molecule has 2 aromatic rings. The minimum absolute atomic E-state index is 0.0216. The van der Waals surface area contributed by atoms with Crippen LogP contribution in [0.25, 0.3) is 0 Å². The molecule has 0 aliphatic rings. The molecule has 0 radical (unpaired) electrons. The highest BCUT2D eigenvalue weighted by molar-refractivity contribution is 6.36. The van der Waals surface area contributed by atoms with Crippen LogP contribution in [0.3, 0.4) is 0 Å². The Morgan fingerprint density at radius 1 is 1.05 bits per heavy atom. The molecule has 0 aromatic heterocycles. The molecule has 3 N–H and O–H groups in total. The zero-order valence-electron chi connectivity index (χ0n) is 11.6. The molecule has 1 unspecified atom stereocenters. The molecule has 0 fully saturated rings. The van der Waals surface area contributed by atoms with Gasteiger partial charge < -0.3 is 0 Å². The molecule has 106 valence electrons. The number of hydrazine groups is 1. The second-order valence-corrected chi connectivity index (χ2v) is 5.78. The van der Waals surface area contributed by atoms with Crippen molar-refractivity contribution in [1.82, 2.24) is 5.43 Å². The normalized spacial score (nSPS) is 12.4. The van der Waals surface area contributed by atoms with Gasteiger partial charge in [0.1, 0.15) is 0 Å². The van der Waals surface area contributed by atoms with E-state index in [1.54, 1.807) is 0 Å². The molecular weight excluding hydrogens is 291 g/mol. The maximum absolute atomic E-state index is 6.22. The van der Waals surface area contributed by atoms with Crippen LogP contribution in [0.15, 0.2) is 36.4 Å². The molecule has 0 saturated heterocycles. The first-order valence-electron chi connectivity index (χ1n) is 6.49. The lowest BCUT2D eigenvalue weighted by atomic mass is 9.96. The van der Waals surface area contributed by atoms with Gasteiger partial charge in [0.25, 0.3) is 0 Å². The first kappa shape index (κ1) is 15.3. The molecule has 0 amide bonds. The van der Waals surface area contributed by atoms with Crippen LogP contribution in [-0.4, -0.2) is 0 Å². The number of rotatable bonds is 4. The van der Waals surface area contributed by atoms with Crippen molar-refractivity contribution in [3.05, 3.63) is 68.7 Å². The fraction of sp³-hybridized carbons (Fsp3) is 0.250. The maximum Gasteiger partial charge on any atom is 0.0501 e. The summed E-state index contributed by atoms with van der Waals surface area (Å²) >= 11 is 12.4. The molecule has 2 nitrogen and oxygen atoms in total. The summed E-state index contributed by atoms with van der Waals surface area (Å²) in [5, 5.41) is 1.34. The van der Waals surface area contributed by atoms with E-state index in [-0.39, 0.29) is 6.04 Å². The van der Waals surface area contributed by atoms with E-state index in [4.69, 9.17) is 29.0 Å². The van der Waals surface area contributed by atoms with Crippen molar-refractivity contribution < 1.29 is 0 Å². The van der Waals surface area contributed by atoms with Gasteiger partial charge in [-0.1, -0.05) is 47.5 Å². The molecule has 0 bridgehead atoms. The number of benzene rings is 2. The van der Waals surface area contributed by atoms with E-state index >= 15 is 0 Å². The number of nitrogens with one attached hydrogen (secondary N) is 1. The second kappa shape index (κ2) is 6.59. The number of hydrogen-bond donors (Lipinski definition) is 2. The van der Waals surface area contributed by atoms with Gasteiger partial charge in [0.2, 0.25) is 0 Å². The molecule has 2 aromatic carbocycles. The first-order chi connectivity index (χ1) is 9.52. The number of halogens is 2. The van der Waals surface area contributed by atoms with Gasteiger partial charge in [-0.3, -0.25) is 11.3 Å². The average molecular weight is 309 g/mol. The van der Waals surface area contributed by atoms with Crippen molar-refractivity contribution in [1.29, 1.82) is 0 Å². The van der Waals surface area contributed by atoms with E-state index in [0.29, 0.717) is 16.5 Å². The number of nitrogens with two attached hydrogens (primary N) is 1. The summed E-state index contributed by atoms with van der Waals surface area (Å²) in [4.78, 5) is 0. The van der Waals surface area contributed by atoms with E-state index in [0.717, 1.165) is 11.1 Å². The van der Waals surface area contributed by atoms with E-state index in [1.807, 2.05) is 18.2 Å². The largest absolute Gasteiger partial charge is 0.271 e. The summed E-state index contributed by atoms with van der Waals surface area (Å²) < 4.78 is 0. The smallest absolute Gasteiger partial charge is 0.0501 e. The Labute approximate surface area is 129 Å². The van der Waals surface area contributed by atoms with Gasteiger partial charge >= 0.3 is 0 Å². The Morgan fingerprint density at radius 2 is 1.70 bits per heavy atom. The molecule has 0 aliphatic heterocycles. The highest BCUT2D eigenvalue weighted by Gasteiger charge is 2.15. The summed E-state index contributed by atoms with van der Waals surface area (Å²) in [5.41, 5.74) is 7.40. The topological polar surface area (TPSA) is 38.0 Å². The van der Waals surface area contributed by atoms with Crippen molar-refractivity contribution in [3.8, 4) is 0 Å². The van der Waals surface area contributed by atoms with Crippen molar-refractivity contribution in [2.75, 3.05) is 0 Å². The van der Waals surface area contributed by atoms with Crippen molar-refractivity contribution in [3.63, 3.8) is 0 Å². The molecule has 20 heavy (non-hydrogen) atoms. The SMILES string of the molecule is Cc1ccc(C(Cc2c(Cl)cccc2Cl)NN)cc1C. The van der Waals surface area contributed by atoms with E-state index in [2.05, 4.69) is 37.5 Å². The average Bonchev–Trinajstić information content (AvgIpc) is 2.42. The van der Waals surface area contributed by atoms with Gasteiger partial charge in [0, 0.05) is 10.0 Å².